The number of fused-ring (bicyclic) bond motifs is 1. The second kappa shape index (κ2) is 6.86. The van der Waals surface area contributed by atoms with Crippen LogP contribution in [0.15, 0.2) is 47.6 Å². The summed E-state index contributed by atoms with van der Waals surface area (Å²) in [4.78, 5) is 12.0. The van der Waals surface area contributed by atoms with Gasteiger partial charge in [0.15, 0.2) is 10.8 Å². The number of hydrogen-bond donors (Lipinski definition) is 3. The van der Waals surface area contributed by atoms with Crippen LogP contribution in [0.4, 0.5) is 11.4 Å². The standard InChI is InChI=1S/C16H13ClN4O2S/c1-23-12-8-3-2-6-10(12)19-16(24)21-20-14-13-9(17)5-4-7-11(13)18-15(14)22/h2-8H,1H3,(H,18,20,22)(H2,19,21,24). The van der Waals surface area contributed by atoms with E-state index in [9.17, 15) is 4.79 Å². The van der Waals surface area contributed by atoms with Gasteiger partial charge in [-0.1, -0.05) is 29.8 Å². The van der Waals surface area contributed by atoms with Gasteiger partial charge in [-0.05, 0) is 36.5 Å². The van der Waals surface area contributed by atoms with Crippen molar-refractivity contribution in [3.63, 3.8) is 0 Å². The van der Waals surface area contributed by atoms with E-state index in [-0.39, 0.29) is 16.7 Å². The van der Waals surface area contributed by atoms with Crippen LogP contribution in [0.25, 0.3) is 0 Å². The highest BCUT2D eigenvalue weighted by Crippen LogP contribution is 2.29. The Morgan fingerprint density at radius 2 is 2.04 bits per heavy atom. The molecule has 8 heteroatoms. The Bertz CT molecular complexity index is 854. The number of methoxy groups -OCH3 is 1. The van der Waals surface area contributed by atoms with Crippen LogP contribution < -0.4 is 20.8 Å². The zero-order chi connectivity index (χ0) is 17.1. The van der Waals surface area contributed by atoms with Crippen molar-refractivity contribution in [3.05, 3.63) is 53.1 Å². The number of rotatable bonds is 3. The van der Waals surface area contributed by atoms with Gasteiger partial charge < -0.3 is 15.4 Å². The third-order valence-electron chi connectivity index (χ3n) is 3.34. The van der Waals surface area contributed by atoms with Crippen LogP contribution >= 0.6 is 23.8 Å². The molecule has 0 fully saturated rings. The number of halogens is 1. The fraction of sp³-hybridized carbons (Fsp3) is 0.0625. The maximum atomic E-state index is 12.0. The first-order chi connectivity index (χ1) is 11.6. The predicted molar refractivity (Wildman–Crippen MR) is 99.0 cm³/mol. The predicted octanol–water partition coefficient (Wildman–Crippen LogP) is 2.99. The summed E-state index contributed by atoms with van der Waals surface area (Å²) in [5, 5.41) is 10.4. The van der Waals surface area contributed by atoms with Crippen LogP contribution in [0.5, 0.6) is 5.75 Å². The van der Waals surface area contributed by atoms with Crippen molar-refractivity contribution in [2.45, 2.75) is 0 Å². The molecule has 0 saturated carbocycles. The summed E-state index contributed by atoms with van der Waals surface area (Å²) in [5.74, 6) is 0.298. The number of carbonyl (C=O) groups excluding carboxylic acids is 1. The molecule has 1 heterocycles. The average molecular weight is 361 g/mol. The summed E-state index contributed by atoms with van der Waals surface area (Å²) in [6.45, 7) is 0. The van der Waals surface area contributed by atoms with E-state index in [1.807, 2.05) is 18.2 Å². The molecule has 0 aliphatic carbocycles. The van der Waals surface area contributed by atoms with Crippen LogP contribution in [0, 0.1) is 0 Å². The van der Waals surface area contributed by atoms with E-state index < -0.39 is 0 Å². The number of benzene rings is 2. The van der Waals surface area contributed by atoms with Gasteiger partial charge >= 0.3 is 0 Å². The van der Waals surface area contributed by atoms with E-state index in [0.29, 0.717) is 27.7 Å². The Balaban J connectivity index is 1.77. The summed E-state index contributed by atoms with van der Waals surface area (Å²) < 4.78 is 5.24. The summed E-state index contributed by atoms with van der Waals surface area (Å²) in [6.07, 6.45) is 0. The second-order valence-electron chi connectivity index (χ2n) is 4.84. The van der Waals surface area contributed by atoms with Gasteiger partial charge in [-0.2, -0.15) is 5.10 Å². The highest BCUT2D eigenvalue weighted by atomic mass is 35.5. The molecule has 0 saturated heterocycles. The molecule has 1 amide bonds. The third-order valence-corrected chi connectivity index (χ3v) is 3.85. The van der Waals surface area contributed by atoms with Crippen molar-refractivity contribution in [2.75, 3.05) is 17.7 Å². The Kier molecular flexibility index (Phi) is 4.64. The molecule has 0 aromatic heterocycles. The molecule has 2 aromatic rings. The van der Waals surface area contributed by atoms with Crippen LogP contribution in [0.3, 0.4) is 0 Å². The smallest absolute Gasteiger partial charge is 0.276 e. The molecule has 0 bridgehead atoms. The van der Waals surface area contributed by atoms with Crippen LogP contribution in [-0.2, 0) is 4.79 Å². The van der Waals surface area contributed by atoms with Crippen molar-refractivity contribution in [2.24, 2.45) is 5.10 Å². The van der Waals surface area contributed by atoms with Crippen molar-refractivity contribution < 1.29 is 9.53 Å². The number of thiocarbonyl (C=S) groups is 1. The van der Waals surface area contributed by atoms with Gasteiger partial charge in [0.25, 0.3) is 5.91 Å². The minimum atomic E-state index is -0.342. The lowest BCUT2D eigenvalue weighted by Gasteiger charge is -2.11. The zero-order valence-corrected chi connectivity index (χ0v) is 14.2. The first-order valence-corrected chi connectivity index (χ1v) is 7.76. The lowest BCUT2D eigenvalue weighted by atomic mass is 10.1. The Morgan fingerprint density at radius 1 is 1.25 bits per heavy atom. The Hall–Kier alpha value is -2.64. The van der Waals surface area contributed by atoms with E-state index in [0.717, 1.165) is 0 Å². The molecule has 2 aromatic carbocycles. The van der Waals surface area contributed by atoms with Crippen molar-refractivity contribution in [1.29, 1.82) is 0 Å². The van der Waals surface area contributed by atoms with Gasteiger partial charge in [0.05, 0.1) is 23.5 Å². The lowest BCUT2D eigenvalue weighted by molar-refractivity contribution is -0.110. The third kappa shape index (κ3) is 3.17. The minimum Gasteiger partial charge on any atom is -0.495 e. The molecule has 1 aliphatic heterocycles. The number of amides is 1. The summed E-state index contributed by atoms with van der Waals surface area (Å²) in [7, 11) is 1.57. The van der Waals surface area contributed by atoms with Gasteiger partial charge in [-0.3, -0.25) is 10.2 Å². The SMILES string of the molecule is COc1ccccc1NC(=S)N/N=C1\C(=O)Nc2cccc(Cl)c21. The molecular weight excluding hydrogens is 348 g/mol. The number of carbonyl (C=O) groups is 1. The Morgan fingerprint density at radius 3 is 2.83 bits per heavy atom. The van der Waals surface area contributed by atoms with E-state index in [1.54, 1.807) is 31.4 Å². The maximum Gasteiger partial charge on any atom is 0.276 e. The number of anilines is 2. The molecule has 0 spiro atoms. The molecule has 6 nitrogen and oxygen atoms in total. The van der Waals surface area contributed by atoms with Crippen molar-refractivity contribution >= 4 is 51.9 Å². The maximum absolute atomic E-state index is 12.0. The fourth-order valence-corrected chi connectivity index (χ4v) is 2.70. The Labute approximate surface area is 148 Å². The summed E-state index contributed by atoms with van der Waals surface area (Å²) in [6, 6.07) is 12.5. The van der Waals surface area contributed by atoms with Gasteiger partial charge in [-0.25, -0.2) is 0 Å². The lowest BCUT2D eigenvalue weighted by Crippen LogP contribution is -2.27. The average Bonchev–Trinajstić information content (AvgIpc) is 2.90. The van der Waals surface area contributed by atoms with Crippen LogP contribution in [-0.4, -0.2) is 23.8 Å². The number of hydrogen-bond acceptors (Lipinski definition) is 4. The van der Waals surface area contributed by atoms with E-state index in [1.165, 1.54) is 0 Å². The monoisotopic (exact) mass is 360 g/mol. The first kappa shape index (κ1) is 16.2. The zero-order valence-electron chi connectivity index (χ0n) is 12.6. The van der Waals surface area contributed by atoms with Crippen LogP contribution in [0.2, 0.25) is 5.02 Å². The quantitative estimate of drug-likeness (QED) is 0.579. The topological polar surface area (TPSA) is 74.8 Å². The van der Waals surface area contributed by atoms with E-state index in [4.69, 9.17) is 28.6 Å². The molecule has 24 heavy (non-hydrogen) atoms. The highest BCUT2D eigenvalue weighted by Gasteiger charge is 2.28. The van der Waals surface area contributed by atoms with Crippen molar-refractivity contribution in [3.8, 4) is 5.75 Å². The van der Waals surface area contributed by atoms with Gasteiger partial charge in [0.1, 0.15) is 5.75 Å². The molecule has 0 radical (unpaired) electrons. The summed E-state index contributed by atoms with van der Waals surface area (Å²) in [5.41, 5.74) is 4.70. The molecule has 3 N–H and O–H groups in total. The fourth-order valence-electron chi connectivity index (χ4n) is 2.28. The van der Waals surface area contributed by atoms with Gasteiger partial charge in [0, 0.05) is 5.56 Å². The first-order valence-electron chi connectivity index (χ1n) is 6.98. The number of ether oxygens (including phenoxy) is 1. The van der Waals surface area contributed by atoms with E-state index in [2.05, 4.69) is 21.2 Å². The molecule has 3 rings (SSSR count). The molecule has 0 unspecified atom stereocenters. The number of nitrogens with one attached hydrogen (secondary N) is 3. The van der Waals surface area contributed by atoms with Gasteiger partial charge in [-0.15, -0.1) is 0 Å². The number of para-hydroxylation sites is 2. The molecule has 122 valence electrons. The highest BCUT2D eigenvalue weighted by molar-refractivity contribution is 7.80. The second-order valence-corrected chi connectivity index (χ2v) is 5.66. The normalized spacial score (nSPS) is 14.1. The van der Waals surface area contributed by atoms with Crippen LogP contribution in [0.1, 0.15) is 5.56 Å². The number of hydrazone groups is 1. The van der Waals surface area contributed by atoms with Crippen molar-refractivity contribution in [1.82, 2.24) is 5.43 Å². The largest absolute Gasteiger partial charge is 0.495 e. The summed E-state index contributed by atoms with van der Waals surface area (Å²) >= 11 is 11.3. The van der Waals surface area contributed by atoms with E-state index >= 15 is 0 Å². The molecule has 0 atom stereocenters. The molecule has 1 aliphatic rings. The van der Waals surface area contributed by atoms with Gasteiger partial charge in [0.2, 0.25) is 0 Å². The number of nitrogens with zero attached hydrogens (tertiary/aromatic N) is 1. The minimum absolute atomic E-state index is 0.180. The molecular formula is C16H13ClN4O2S.